The molecule has 32 heavy (non-hydrogen) atoms. The maximum absolute atomic E-state index is 12.5. The monoisotopic (exact) mass is 434 g/mol. The van der Waals surface area contributed by atoms with Crippen LogP contribution in [0.15, 0.2) is 48.5 Å². The number of carbonyl (C=O) groups is 2. The van der Waals surface area contributed by atoms with E-state index in [1.165, 1.54) is 0 Å². The van der Waals surface area contributed by atoms with Gasteiger partial charge < -0.3 is 20.1 Å². The summed E-state index contributed by atoms with van der Waals surface area (Å²) in [6.07, 6.45) is 2.64. The number of fused-ring (bicyclic) bond motifs is 2. The van der Waals surface area contributed by atoms with Crippen molar-refractivity contribution < 1.29 is 19.1 Å². The van der Waals surface area contributed by atoms with Crippen molar-refractivity contribution in [3.63, 3.8) is 0 Å². The van der Waals surface area contributed by atoms with E-state index in [4.69, 9.17) is 9.47 Å². The Labute approximate surface area is 189 Å². The molecule has 0 saturated heterocycles. The van der Waals surface area contributed by atoms with E-state index in [0.717, 1.165) is 41.5 Å². The minimum Gasteiger partial charge on any atom is -0.441 e. The Bertz CT molecular complexity index is 977. The highest BCUT2D eigenvalue weighted by Crippen LogP contribution is 2.28. The maximum atomic E-state index is 12.5. The number of unbranched alkanes of at least 4 members (excludes halogenated alkanes) is 2. The summed E-state index contributed by atoms with van der Waals surface area (Å²) >= 11 is 0. The van der Waals surface area contributed by atoms with Gasteiger partial charge in [0.1, 0.15) is 6.10 Å². The number of carbonyl (C=O) groups excluding carboxylic acids is 2. The van der Waals surface area contributed by atoms with Crippen LogP contribution in [0.25, 0.3) is 0 Å². The summed E-state index contributed by atoms with van der Waals surface area (Å²) in [5.74, 6) is 6.47. The smallest absolute Gasteiger partial charge is 0.407 e. The molecule has 0 saturated carbocycles. The van der Waals surface area contributed by atoms with Gasteiger partial charge >= 0.3 is 6.09 Å². The third-order valence-corrected chi connectivity index (χ3v) is 5.29. The van der Waals surface area contributed by atoms with Crippen LogP contribution in [-0.4, -0.2) is 38.8 Å². The van der Waals surface area contributed by atoms with Crippen LogP contribution in [-0.2, 0) is 20.7 Å². The van der Waals surface area contributed by atoms with Crippen molar-refractivity contribution >= 4 is 12.0 Å². The highest BCUT2D eigenvalue weighted by Gasteiger charge is 2.22. The van der Waals surface area contributed by atoms with Crippen molar-refractivity contribution in [3.05, 3.63) is 70.8 Å². The number of ether oxygens (including phenoxy) is 2. The van der Waals surface area contributed by atoms with Crippen LogP contribution in [0.1, 0.15) is 54.0 Å². The fourth-order valence-electron chi connectivity index (χ4n) is 3.59. The van der Waals surface area contributed by atoms with Crippen molar-refractivity contribution in [1.29, 1.82) is 0 Å². The molecule has 168 valence electrons. The zero-order valence-corrected chi connectivity index (χ0v) is 18.5. The topological polar surface area (TPSA) is 76.7 Å². The van der Waals surface area contributed by atoms with E-state index in [1.807, 2.05) is 48.5 Å². The molecule has 6 heteroatoms. The third-order valence-electron chi connectivity index (χ3n) is 5.29. The van der Waals surface area contributed by atoms with E-state index in [1.54, 1.807) is 7.11 Å². The summed E-state index contributed by atoms with van der Waals surface area (Å²) in [6.45, 7) is 1.55. The molecule has 0 aromatic heterocycles. The van der Waals surface area contributed by atoms with E-state index in [9.17, 15) is 9.59 Å². The zero-order chi connectivity index (χ0) is 22.6. The van der Waals surface area contributed by atoms with Gasteiger partial charge in [-0.3, -0.25) is 4.79 Å². The molecule has 3 rings (SSSR count). The maximum Gasteiger partial charge on any atom is 0.407 e. The molecular weight excluding hydrogens is 404 g/mol. The van der Waals surface area contributed by atoms with E-state index >= 15 is 0 Å². The van der Waals surface area contributed by atoms with E-state index in [0.29, 0.717) is 32.5 Å². The third kappa shape index (κ3) is 7.14. The second-order valence-corrected chi connectivity index (χ2v) is 7.67. The standard InChI is InChI=1S/C26H30N2O4/c1-31-18-17-27-25(29)13-3-2-8-16-28-26(30)32-24-19-22-11-5-4-9-20(22)14-15-21-10-6-7-12-23(21)24/h4-7,9-12,24H,2-3,8,13,16-19H2,1H3,(H,27,29)(H,28,30). The summed E-state index contributed by atoms with van der Waals surface area (Å²) < 4.78 is 10.7. The summed E-state index contributed by atoms with van der Waals surface area (Å²) in [5, 5.41) is 5.64. The lowest BCUT2D eigenvalue weighted by atomic mass is 9.92. The summed E-state index contributed by atoms with van der Waals surface area (Å²) in [7, 11) is 1.60. The number of hydrogen-bond donors (Lipinski definition) is 2. The quantitative estimate of drug-likeness (QED) is 0.441. The number of alkyl carbamates (subject to hydrolysis) is 1. The van der Waals surface area contributed by atoms with Crippen LogP contribution in [0.5, 0.6) is 0 Å². The van der Waals surface area contributed by atoms with Gasteiger partial charge in [-0.1, -0.05) is 54.7 Å². The van der Waals surface area contributed by atoms with Crippen molar-refractivity contribution in [2.45, 2.75) is 38.2 Å². The molecule has 6 nitrogen and oxygen atoms in total. The Balaban J connectivity index is 1.47. The lowest BCUT2D eigenvalue weighted by Crippen LogP contribution is -2.28. The Kier molecular flexibility index (Phi) is 9.15. The number of nitrogens with one attached hydrogen (secondary N) is 2. The predicted octanol–water partition coefficient (Wildman–Crippen LogP) is 3.73. The summed E-state index contributed by atoms with van der Waals surface area (Å²) in [6, 6.07) is 15.8. The van der Waals surface area contributed by atoms with Gasteiger partial charge in [-0.15, -0.1) is 0 Å². The van der Waals surface area contributed by atoms with Crippen LogP contribution in [0.2, 0.25) is 0 Å². The van der Waals surface area contributed by atoms with Crippen LogP contribution in [0, 0.1) is 11.8 Å². The number of methoxy groups -OCH3 is 1. The first-order valence-electron chi connectivity index (χ1n) is 11.1. The number of rotatable bonds is 10. The number of benzene rings is 2. The average Bonchev–Trinajstić information content (AvgIpc) is 2.79. The molecule has 1 aliphatic carbocycles. The zero-order valence-electron chi connectivity index (χ0n) is 18.5. The first-order chi connectivity index (χ1) is 15.7. The van der Waals surface area contributed by atoms with Crippen LogP contribution < -0.4 is 10.6 Å². The largest absolute Gasteiger partial charge is 0.441 e. The van der Waals surface area contributed by atoms with Crippen LogP contribution in [0.3, 0.4) is 0 Å². The number of amides is 2. The van der Waals surface area contributed by atoms with Crippen molar-refractivity contribution in [3.8, 4) is 11.8 Å². The van der Waals surface area contributed by atoms with Crippen molar-refractivity contribution in [2.24, 2.45) is 0 Å². The van der Waals surface area contributed by atoms with Gasteiger partial charge in [-0.2, -0.15) is 0 Å². The molecule has 0 bridgehead atoms. The number of hydrogen-bond acceptors (Lipinski definition) is 4. The summed E-state index contributed by atoms with van der Waals surface area (Å²) in [5.41, 5.74) is 3.83. The van der Waals surface area contributed by atoms with Gasteiger partial charge in [0, 0.05) is 49.7 Å². The fraction of sp³-hybridized carbons (Fsp3) is 0.385. The van der Waals surface area contributed by atoms with Crippen molar-refractivity contribution in [1.82, 2.24) is 10.6 Å². The predicted molar refractivity (Wildman–Crippen MR) is 123 cm³/mol. The van der Waals surface area contributed by atoms with Gasteiger partial charge in [0.2, 0.25) is 5.91 Å². The molecule has 1 unspecified atom stereocenters. The molecule has 2 amide bonds. The van der Waals surface area contributed by atoms with E-state index < -0.39 is 12.2 Å². The minimum atomic E-state index is -0.437. The normalized spacial score (nSPS) is 14.0. The van der Waals surface area contributed by atoms with Gasteiger partial charge in [0.05, 0.1) is 6.61 Å². The SMILES string of the molecule is COCCNC(=O)CCCCCNC(=O)OC1Cc2ccccc2C#Cc2ccccc21. The van der Waals surface area contributed by atoms with Gasteiger partial charge in [-0.25, -0.2) is 4.79 Å². The molecule has 0 aliphatic heterocycles. The molecule has 2 aromatic rings. The van der Waals surface area contributed by atoms with Gasteiger partial charge in [-0.05, 0) is 30.5 Å². The van der Waals surface area contributed by atoms with Gasteiger partial charge in [0.25, 0.3) is 0 Å². The Morgan fingerprint density at radius 2 is 1.69 bits per heavy atom. The average molecular weight is 435 g/mol. The molecule has 0 heterocycles. The highest BCUT2D eigenvalue weighted by atomic mass is 16.6. The fourth-order valence-corrected chi connectivity index (χ4v) is 3.59. The van der Waals surface area contributed by atoms with Gasteiger partial charge in [0.15, 0.2) is 0 Å². The Morgan fingerprint density at radius 3 is 2.53 bits per heavy atom. The molecule has 2 N–H and O–H groups in total. The summed E-state index contributed by atoms with van der Waals surface area (Å²) in [4.78, 5) is 24.1. The molecule has 2 aromatic carbocycles. The molecule has 0 spiro atoms. The Morgan fingerprint density at radius 1 is 0.938 bits per heavy atom. The Hall–Kier alpha value is -3.30. The van der Waals surface area contributed by atoms with E-state index in [2.05, 4.69) is 22.5 Å². The van der Waals surface area contributed by atoms with Crippen molar-refractivity contribution in [2.75, 3.05) is 26.8 Å². The molecular formula is C26H30N2O4. The molecule has 0 radical (unpaired) electrons. The lowest BCUT2D eigenvalue weighted by molar-refractivity contribution is -0.121. The highest BCUT2D eigenvalue weighted by molar-refractivity contribution is 5.75. The van der Waals surface area contributed by atoms with Crippen LogP contribution in [0.4, 0.5) is 4.79 Å². The molecule has 1 atom stereocenters. The first kappa shape index (κ1) is 23.4. The lowest BCUT2D eigenvalue weighted by Gasteiger charge is -2.22. The second-order valence-electron chi connectivity index (χ2n) is 7.67. The minimum absolute atomic E-state index is 0.0285. The first-order valence-corrected chi connectivity index (χ1v) is 11.1. The van der Waals surface area contributed by atoms with E-state index in [-0.39, 0.29) is 5.91 Å². The molecule has 0 fully saturated rings. The molecule has 1 aliphatic rings. The van der Waals surface area contributed by atoms with Crippen LogP contribution >= 0.6 is 0 Å². The second kappa shape index (κ2) is 12.5.